The van der Waals surface area contributed by atoms with E-state index in [1.54, 1.807) is 0 Å². The van der Waals surface area contributed by atoms with Crippen molar-refractivity contribution in [2.45, 2.75) is 302 Å². The molecule has 12 nitrogen and oxygen atoms in total. The number of carboxylic acids is 1. The van der Waals surface area contributed by atoms with Crippen LogP contribution in [0.25, 0.3) is 0 Å². The molecule has 1 aliphatic heterocycles. The van der Waals surface area contributed by atoms with Crippen LogP contribution < -0.4 is 0 Å². The van der Waals surface area contributed by atoms with Crippen molar-refractivity contribution in [2.24, 2.45) is 0 Å². The maximum absolute atomic E-state index is 13.2. The van der Waals surface area contributed by atoms with Gasteiger partial charge in [0, 0.05) is 19.3 Å². The normalized spacial score (nSPS) is 18.4. The van der Waals surface area contributed by atoms with Gasteiger partial charge in [-0.3, -0.25) is 14.4 Å². The van der Waals surface area contributed by atoms with Crippen molar-refractivity contribution in [1.82, 2.24) is 0 Å². The molecule has 462 valence electrons. The van der Waals surface area contributed by atoms with Gasteiger partial charge in [0.1, 0.15) is 18.8 Å². The zero-order valence-electron chi connectivity index (χ0n) is 51.0. The standard InChI is InChI=1S/C69H114O12/c1-4-7-10-13-16-19-22-25-28-30-31-33-36-39-42-45-48-51-54-57-63(72)80-67-65(74)64(73)66(68(75)76)81-69(67)78-59-60(79-62(71)56-53-50-47-44-41-38-34-27-24-21-18-15-12-9-6-3)58-77-61(70)55-52-49-46-43-40-37-35-32-29-26-23-20-17-14-11-8-5-2/h8,11,16-17,19-20,25-29,31,33-35,37,60,64-67,69,73-74H,4-7,9-10,12-15,18,21-24,30,32,36,38-59H2,1-3H3,(H,75,76)/b11-8-,19-16-,20-17-,28-25-,29-26-,33-31-,34-27-,37-35-. The maximum atomic E-state index is 13.2. The van der Waals surface area contributed by atoms with E-state index >= 15 is 0 Å². The highest BCUT2D eigenvalue weighted by Crippen LogP contribution is 2.26. The van der Waals surface area contributed by atoms with Crippen LogP contribution in [0.4, 0.5) is 0 Å². The van der Waals surface area contributed by atoms with E-state index in [-0.39, 0.29) is 25.9 Å². The van der Waals surface area contributed by atoms with E-state index in [9.17, 15) is 34.5 Å². The Bertz CT molecular complexity index is 1780. The molecule has 0 saturated carbocycles. The molecule has 1 heterocycles. The second-order valence-electron chi connectivity index (χ2n) is 21.7. The monoisotopic (exact) mass is 1130 g/mol. The van der Waals surface area contributed by atoms with E-state index in [0.717, 1.165) is 148 Å². The summed E-state index contributed by atoms with van der Waals surface area (Å²) in [5.74, 6) is -3.18. The minimum Gasteiger partial charge on any atom is -0.479 e. The number of carbonyl (C=O) groups is 4. The van der Waals surface area contributed by atoms with E-state index in [1.807, 2.05) is 0 Å². The van der Waals surface area contributed by atoms with Crippen molar-refractivity contribution in [3.8, 4) is 0 Å². The molecular weight excluding hydrogens is 1020 g/mol. The summed E-state index contributed by atoms with van der Waals surface area (Å²) < 4.78 is 28.5. The Morgan fingerprint density at radius 3 is 1.22 bits per heavy atom. The molecule has 81 heavy (non-hydrogen) atoms. The van der Waals surface area contributed by atoms with Crippen LogP contribution in [0.2, 0.25) is 0 Å². The topological polar surface area (TPSA) is 175 Å². The van der Waals surface area contributed by atoms with Gasteiger partial charge in [0.05, 0.1) is 6.61 Å². The van der Waals surface area contributed by atoms with E-state index in [0.29, 0.717) is 19.3 Å². The SMILES string of the molecule is CC/C=C\C/C=C\C/C=C\C/C=C\CCCCCCC(=O)OCC(COC1OC(C(=O)O)C(O)C(O)C1OC(=O)CCCCCCCC/C=C\C/C=C\C/C=C\CCCCC)OC(=O)CCCCCCC/C=C\CCCCCCCC. The largest absolute Gasteiger partial charge is 0.479 e. The van der Waals surface area contributed by atoms with Crippen LogP contribution in [0.15, 0.2) is 97.2 Å². The molecule has 1 fully saturated rings. The van der Waals surface area contributed by atoms with E-state index in [1.165, 1.54) is 57.8 Å². The average molecular weight is 1140 g/mol. The summed E-state index contributed by atoms with van der Waals surface area (Å²) in [6.07, 6.45) is 62.1. The summed E-state index contributed by atoms with van der Waals surface area (Å²) in [7, 11) is 0. The molecule has 0 spiro atoms. The first-order valence-electron chi connectivity index (χ1n) is 32.2. The number of hydrogen-bond acceptors (Lipinski definition) is 11. The van der Waals surface area contributed by atoms with Crippen molar-refractivity contribution in [2.75, 3.05) is 13.2 Å². The first-order chi connectivity index (χ1) is 39.6. The third-order valence-electron chi connectivity index (χ3n) is 14.1. The second-order valence-corrected chi connectivity index (χ2v) is 21.7. The van der Waals surface area contributed by atoms with Crippen molar-refractivity contribution < 1.29 is 58.2 Å². The Morgan fingerprint density at radius 1 is 0.420 bits per heavy atom. The number of rotatable bonds is 54. The number of hydrogen-bond donors (Lipinski definition) is 3. The van der Waals surface area contributed by atoms with Gasteiger partial charge in [-0.2, -0.15) is 0 Å². The lowest BCUT2D eigenvalue weighted by Gasteiger charge is -2.40. The molecule has 0 aliphatic carbocycles. The van der Waals surface area contributed by atoms with E-state index < -0.39 is 67.3 Å². The molecule has 0 radical (unpaired) electrons. The molecule has 1 saturated heterocycles. The number of carboxylic acid groups (broad SMARTS) is 1. The molecule has 0 aromatic carbocycles. The van der Waals surface area contributed by atoms with Crippen molar-refractivity contribution in [3.63, 3.8) is 0 Å². The fourth-order valence-electron chi connectivity index (χ4n) is 9.18. The van der Waals surface area contributed by atoms with Crippen molar-refractivity contribution >= 4 is 23.9 Å². The minimum atomic E-state index is -1.92. The van der Waals surface area contributed by atoms with Gasteiger partial charge in [0.2, 0.25) is 0 Å². The molecule has 1 rings (SSSR count). The van der Waals surface area contributed by atoms with Crippen molar-refractivity contribution in [3.05, 3.63) is 97.2 Å². The van der Waals surface area contributed by atoms with Crippen LogP contribution >= 0.6 is 0 Å². The van der Waals surface area contributed by atoms with Crippen LogP contribution in [0.5, 0.6) is 0 Å². The lowest BCUT2D eigenvalue weighted by atomic mass is 9.98. The highest BCUT2D eigenvalue weighted by Gasteiger charge is 2.50. The Kier molecular flexibility index (Phi) is 51.7. The van der Waals surface area contributed by atoms with E-state index in [2.05, 4.69) is 118 Å². The summed E-state index contributed by atoms with van der Waals surface area (Å²) in [4.78, 5) is 51.3. The minimum absolute atomic E-state index is 0.0388. The zero-order chi connectivity index (χ0) is 58.9. The Hall–Kier alpha value is -4.36. The molecule has 3 N–H and O–H groups in total. The van der Waals surface area contributed by atoms with Gasteiger partial charge in [-0.05, 0) is 122 Å². The van der Waals surface area contributed by atoms with E-state index in [4.69, 9.17) is 23.7 Å². The second kappa shape index (κ2) is 56.1. The van der Waals surface area contributed by atoms with Crippen LogP contribution in [-0.2, 0) is 42.9 Å². The van der Waals surface area contributed by atoms with Gasteiger partial charge >= 0.3 is 23.9 Å². The van der Waals surface area contributed by atoms with Gasteiger partial charge < -0.3 is 39.0 Å². The van der Waals surface area contributed by atoms with Gasteiger partial charge in [-0.25, -0.2) is 4.79 Å². The van der Waals surface area contributed by atoms with Crippen LogP contribution in [0, 0.1) is 0 Å². The lowest BCUT2D eigenvalue weighted by Crippen LogP contribution is -2.61. The Labute approximate surface area is 492 Å². The Morgan fingerprint density at radius 2 is 0.778 bits per heavy atom. The molecule has 6 atom stereocenters. The van der Waals surface area contributed by atoms with Gasteiger partial charge in [-0.15, -0.1) is 0 Å². The molecule has 1 aliphatic rings. The molecule has 6 unspecified atom stereocenters. The number of allylic oxidation sites excluding steroid dienone is 16. The number of aliphatic hydroxyl groups is 2. The number of aliphatic carboxylic acids is 1. The molecule has 0 amide bonds. The maximum Gasteiger partial charge on any atom is 0.335 e. The molecule has 0 aromatic rings. The predicted molar refractivity (Wildman–Crippen MR) is 331 cm³/mol. The Balaban J connectivity index is 2.69. The fourth-order valence-corrected chi connectivity index (χ4v) is 9.18. The lowest BCUT2D eigenvalue weighted by molar-refractivity contribution is -0.301. The summed E-state index contributed by atoms with van der Waals surface area (Å²) >= 11 is 0. The highest BCUT2D eigenvalue weighted by molar-refractivity contribution is 5.74. The third-order valence-corrected chi connectivity index (χ3v) is 14.1. The molecular formula is C69H114O12. The summed E-state index contributed by atoms with van der Waals surface area (Å²) in [6.45, 7) is 5.83. The molecule has 0 aromatic heterocycles. The quantitative estimate of drug-likeness (QED) is 0.0228. The predicted octanol–water partition coefficient (Wildman–Crippen LogP) is 17.2. The summed E-state index contributed by atoms with van der Waals surface area (Å²) in [5, 5.41) is 31.6. The number of ether oxygens (including phenoxy) is 5. The van der Waals surface area contributed by atoms with Gasteiger partial charge in [0.15, 0.2) is 24.6 Å². The molecule has 0 bridgehead atoms. The first-order valence-corrected chi connectivity index (χ1v) is 32.2. The first kappa shape index (κ1) is 74.7. The summed E-state index contributed by atoms with van der Waals surface area (Å²) in [6, 6.07) is 0. The molecule has 12 heteroatoms. The van der Waals surface area contributed by atoms with Gasteiger partial charge in [-0.1, -0.05) is 221 Å². The third kappa shape index (κ3) is 45.8. The number of aliphatic hydroxyl groups excluding tert-OH is 2. The number of esters is 3. The summed E-state index contributed by atoms with van der Waals surface area (Å²) in [5.41, 5.74) is 0. The van der Waals surface area contributed by atoms with Gasteiger partial charge in [0.25, 0.3) is 0 Å². The van der Waals surface area contributed by atoms with Crippen LogP contribution in [0.1, 0.15) is 265 Å². The van der Waals surface area contributed by atoms with Crippen LogP contribution in [0.3, 0.4) is 0 Å². The number of unbranched alkanes of at least 4 members (excludes halogenated alkanes) is 24. The fraction of sp³-hybridized carbons (Fsp3) is 0.710. The highest BCUT2D eigenvalue weighted by atomic mass is 16.7. The zero-order valence-corrected chi connectivity index (χ0v) is 51.0. The number of carbonyl (C=O) groups excluding carboxylic acids is 3. The smallest absolute Gasteiger partial charge is 0.335 e. The van der Waals surface area contributed by atoms with Crippen molar-refractivity contribution in [1.29, 1.82) is 0 Å². The van der Waals surface area contributed by atoms with Crippen LogP contribution in [-0.4, -0.2) is 89.2 Å². The average Bonchev–Trinajstić information content (AvgIpc) is 3.53.